The van der Waals surface area contributed by atoms with Crippen LogP contribution in [-0.2, 0) is 22.7 Å². The van der Waals surface area contributed by atoms with E-state index >= 15 is 0 Å². The summed E-state index contributed by atoms with van der Waals surface area (Å²) in [7, 11) is 7.13. The smallest absolute Gasteiger partial charge is 0.251 e. The van der Waals surface area contributed by atoms with Gasteiger partial charge in [-0.2, -0.15) is 5.06 Å². The van der Waals surface area contributed by atoms with Crippen molar-refractivity contribution in [3.8, 4) is 16.9 Å². The number of rotatable bonds is 13. The van der Waals surface area contributed by atoms with E-state index in [0.29, 0.717) is 47.6 Å². The molecule has 3 aliphatic carbocycles. The average molecular weight is 713 g/mol. The summed E-state index contributed by atoms with van der Waals surface area (Å²) in [5.41, 5.74) is 5.06. The lowest BCUT2D eigenvalue weighted by Crippen LogP contribution is -2.62. The number of hydrogen-bond donors (Lipinski definition) is 4. The summed E-state index contributed by atoms with van der Waals surface area (Å²) in [5.74, 6) is 1.34. The second-order valence-corrected chi connectivity index (χ2v) is 15.7. The molecule has 1 saturated heterocycles. The summed E-state index contributed by atoms with van der Waals surface area (Å²) >= 11 is 0. The number of methoxy groups -OCH3 is 1. The average Bonchev–Trinajstić information content (AvgIpc) is 3.49. The Morgan fingerprint density at radius 1 is 1.13 bits per heavy atom. The van der Waals surface area contributed by atoms with E-state index in [-0.39, 0.29) is 24.4 Å². The van der Waals surface area contributed by atoms with E-state index in [2.05, 4.69) is 41.7 Å². The van der Waals surface area contributed by atoms with Gasteiger partial charge in [0.2, 0.25) is 5.91 Å². The van der Waals surface area contributed by atoms with Crippen LogP contribution < -0.4 is 25.6 Å². The number of fused-ring (bicyclic) bond motifs is 2. The van der Waals surface area contributed by atoms with E-state index in [1.165, 1.54) is 6.42 Å². The normalized spacial score (nSPS) is 27.0. The molecule has 2 heterocycles. The number of nitrogens with one attached hydrogen (secondary N) is 3. The Kier molecular flexibility index (Phi) is 11.3. The van der Waals surface area contributed by atoms with Crippen molar-refractivity contribution in [2.24, 2.45) is 29.1 Å². The maximum Gasteiger partial charge on any atom is 0.251 e. The highest BCUT2D eigenvalue weighted by molar-refractivity contribution is 5.97. The van der Waals surface area contributed by atoms with Gasteiger partial charge in [0.15, 0.2) is 0 Å². The number of amides is 2. The SMILES string of the molecule is CNC(=O)c1cc(-c2cccc(CN3O[C@@H](CNCc4ccccn4)[C@@H]([C@H](C)O)[C@H]3C(=O)N[C@H]3C[C@H]4C[C@@H]([C@@H]3C)C4(C)C)c2OC)cc(N(C)C)c1. The standard InChI is InChI=1S/C41H56N6O5/c1-24-33-19-29(41(33,3)4)20-34(24)45-40(50)37-36(25(2)48)35(22-43-21-30-13-9-10-15-44-30)52-47(37)23-26-12-11-14-32(38(26)51-8)27-16-28(39(49)42-5)18-31(17-27)46(6)7/h9-18,24-25,29,33-37,43,48H,19-23H2,1-8H3,(H,42,49)(H,45,50)/t24-,25-,29+,33-,34-,35-,36+,37-/m0/s1. The largest absolute Gasteiger partial charge is 0.496 e. The fourth-order valence-corrected chi connectivity index (χ4v) is 8.99. The Morgan fingerprint density at radius 2 is 1.92 bits per heavy atom. The van der Waals surface area contributed by atoms with Gasteiger partial charge in [0, 0.05) is 74.8 Å². The molecule has 1 aromatic heterocycles. The zero-order valence-electron chi connectivity index (χ0n) is 31.8. The van der Waals surface area contributed by atoms with E-state index < -0.39 is 24.2 Å². The monoisotopic (exact) mass is 712 g/mol. The summed E-state index contributed by atoms with van der Waals surface area (Å²) in [4.78, 5) is 40.3. The van der Waals surface area contributed by atoms with Crippen molar-refractivity contribution in [3.05, 3.63) is 77.6 Å². The third-order valence-electron chi connectivity index (χ3n) is 12.1. The molecule has 2 aromatic carbocycles. The van der Waals surface area contributed by atoms with E-state index in [4.69, 9.17) is 9.57 Å². The first-order chi connectivity index (χ1) is 24.8. The molecular weight excluding hydrogens is 656 g/mol. The van der Waals surface area contributed by atoms with Gasteiger partial charge in [0.05, 0.1) is 31.6 Å². The molecule has 1 aliphatic heterocycles. The van der Waals surface area contributed by atoms with Crippen LogP contribution in [0.15, 0.2) is 60.8 Å². The predicted octanol–water partition coefficient (Wildman–Crippen LogP) is 4.64. The minimum absolute atomic E-state index is 0.0680. The fourth-order valence-electron chi connectivity index (χ4n) is 8.99. The quantitative estimate of drug-likeness (QED) is 0.201. The number of aliphatic hydroxyl groups is 1. The van der Waals surface area contributed by atoms with Gasteiger partial charge in [-0.05, 0) is 78.8 Å². The second kappa shape index (κ2) is 15.5. The van der Waals surface area contributed by atoms with Crippen LogP contribution in [0.25, 0.3) is 11.1 Å². The molecule has 7 rings (SSSR count). The first-order valence-corrected chi connectivity index (χ1v) is 18.6. The van der Waals surface area contributed by atoms with Gasteiger partial charge in [-0.1, -0.05) is 45.0 Å². The van der Waals surface area contributed by atoms with Crippen molar-refractivity contribution in [1.29, 1.82) is 0 Å². The van der Waals surface area contributed by atoms with Gasteiger partial charge in [0.1, 0.15) is 11.8 Å². The summed E-state index contributed by atoms with van der Waals surface area (Å²) < 4.78 is 6.09. The number of ether oxygens (including phenoxy) is 1. The van der Waals surface area contributed by atoms with Crippen molar-refractivity contribution in [2.45, 2.75) is 77.9 Å². The summed E-state index contributed by atoms with van der Waals surface area (Å²) in [6, 6.07) is 16.8. The first-order valence-electron chi connectivity index (χ1n) is 18.6. The lowest BCUT2D eigenvalue weighted by molar-refractivity contribution is -0.176. The van der Waals surface area contributed by atoms with Crippen LogP contribution >= 0.6 is 0 Å². The van der Waals surface area contributed by atoms with Gasteiger partial charge in [0.25, 0.3) is 5.91 Å². The van der Waals surface area contributed by atoms with Gasteiger partial charge in [-0.15, -0.1) is 0 Å². The van der Waals surface area contributed by atoms with E-state index in [9.17, 15) is 14.7 Å². The van der Waals surface area contributed by atoms with Crippen LogP contribution in [0.1, 0.15) is 62.2 Å². The number of benzene rings is 2. The Balaban J connectivity index is 1.31. The molecule has 4 aliphatic rings. The molecule has 11 heteroatoms. The molecule has 0 spiro atoms. The van der Waals surface area contributed by atoms with Crippen molar-refractivity contribution in [1.82, 2.24) is 26.0 Å². The Morgan fingerprint density at radius 3 is 2.56 bits per heavy atom. The topological polar surface area (TPSA) is 128 Å². The van der Waals surface area contributed by atoms with Crippen LogP contribution in [0.5, 0.6) is 5.75 Å². The van der Waals surface area contributed by atoms with Crippen molar-refractivity contribution < 1.29 is 24.3 Å². The number of carbonyl (C=O) groups is 2. The van der Waals surface area contributed by atoms with Crippen molar-refractivity contribution in [3.63, 3.8) is 0 Å². The van der Waals surface area contributed by atoms with Gasteiger partial charge in [-0.3, -0.25) is 19.4 Å². The van der Waals surface area contributed by atoms with Crippen molar-refractivity contribution in [2.75, 3.05) is 39.7 Å². The zero-order chi connectivity index (χ0) is 37.3. The third-order valence-corrected chi connectivity index (χ3v) is 12.1. The molecule has 2 bridgehead atoms. The lowest BCUT2D eigenvalue weighted by Gasteiger charge is -2.62. The van der Waals surface area contributed by atoms with E-state index in [0.717, 1.165) is 34.5 Å². The molecule has 4 N–H and O–H groups in total. The molecule has 280 valence electrons. The lowest BCUT2D eigenvalue weighted by atomic mass is 9.45. The third kappa shape index (κ3) is 7.42. The molecular formula is C41H56N6O5. The molecule has 4 fully saturated rings. The summed E-state index contributed by atoms with van der Waals surface area (Å²) in [5, 5.41) is 22.7. The number of carbonyl (C=O) groups excluding carboxylic acids is 2. The fraction of sp³-hybridized carbons (Fsp3) is 0.537. The second-order valence-electron chi connectivity index (χ2n) is 15.7. The molecule has 0 unspecified atom stereocenters. The summed E-state index contributed by atoms with van der Waals surface area (Å²) in [6.07, 6.45) is 2.65. The highest BCUT2D eigenvalue weighted by Gasteiger charge is 2.57. The number of pyridine rings is 1. The van der Waals surface area contributed by atoms with Crippen LogP contribution in [0, 0.1) is 29.1 Å². The molecule has 2 amide bonds. The minimum Gasteiger partial charge on any atom is -0.496 e. The van der Waals surface area contributed by atoms with Crippen LogP contribution in [0.4, 0.5) is 5.69 Å². The number of para-hydroxylation sites is 1. The Labute approximate surface area is 308 Å². The maximum atomic E-state index is 14.5. The van der Waals surface area contributed by atoms with E-state index in [1.54, 1.807) is 32.3 Å². The number of aliphatic hydroxyl groups excluding tert-OH is 1. The predicted molar refractivity (Wildman–Crippen MR) is 203 cm³/mol. The Bertz CT molecular complexity index is 1730. The highest BCUT2D eigenvalue weighted by atomic mass is 16.7. The number of hydroxylamine groups is 2. The Hall–Kier alpha value is -4.03. The van der Waals surface area contributed by atoms with Crippen molar-refractivity contribution >= 4 is 17.5 Å². The molecule has 52 heavy (non-hydrogen) atoms. The molecule has 0 radical (unpaired) electrons. The van der Waals surface area contributed by atoms with Gasteiger partial charge in [-0.25, -0.2) is 0 Å². The molecule has 3 aromatic rings. The number of anilines is 1. The molecule has 8 atom stereocenters. The maximum absolute atomic E-state index is 14.5. The van der Waals surface area contributed by atoms with Crippen LogP contribution in [0.3, 0.4) is 0 Å². The van der Waals surface area contributed by atoms with E-state index in [1.807, 2.05) is 73.6 Å². The number of aromatic nitrogens is 1. The number of nitrogens with zero attached hydrogens (tertiary/aromatic N) is 3. The van der Waals surface area contributed by atoms with Gasteiger partial charge >= 0.3 is 0 Å². The zero-order valence-corrected chi connectivity index (χ0v) is 31.8. The van der Waals surface area contributed by atoms with Crippen LogP contribution in [-0.4, -0.2) is 86.1 Å². The number of hydrogen-bond acceptors (Lipinski definition) is 9. The molecule has 3 saturated carbocycles. The molecule has 11 nitrogen and oxygen atoms in total. The van der Waals surface area contributed by atoms with Crippen LogP contribution in [0.2, 0.25) is 0 Å². The first kappa shape index (κ1) is 37.7. The minimum atomic E-state index is -0.816. The van der Waals surface area contributed by atoms with Gasteiger partial charge < -0.3 is 30.7 Å². The summed E-state index contributed by atoms with van der Waals surface area (Å²) in [6.45, 7) is 9.91. The highest BCUT2D eigenvalue weighted by Crippen LogP contribution is 2.61.